The first-order valence-electron chi connectivity index (χ1n) is 8.18. The van der Waals surface area contributed by atoms with Crippen molar-refractivity contribution in [2.24, 2.45) is 0 Å². The van der Waals surface area contributed by atoms with Gasteiger partial charge in [0.2, 0.25) is 5.55 Å². The molecule has 0 fully saturated rings. The molecule has 0 radical (unpaired) electrons. The number of thiophene rings is 1. The summed E-state index contributed by atoms with van der Waals surface area (Å²) in [4.78, 5) is 25.9. The maximum Gasteiger partial charge on any atom is 0.341 e. The van der Waals surface area contributed by atoms with Crippen molar-refractivity contribution in [1.82, 2.24) is 0 Å². The molecule has 0 bridgehead atoms. The van der Waals surface area contributed by atoms with Gasteiger partial charge in [0.25, 0.3) is 5.91 Å². The van der Waals surface area contributed by atoms with E-state index in [1.807, 2.05) is 13.8 Å². The second-order valence-electron chi connectivity index (χ2n) is 5.83. The van der Waals surface area contributed by atoms with Crippen LogP contribution in [0.25, 0.3) is 11.0 Å². The van der Waals surface area contributed by atoms with Crippen LogP contribution in [0.15, 0.2) is 33.2 Å². The summed E-state index contributed by atoms with van der Waals surface area (Å²) in [5.74, 6) is -0.995. The van der Waals surface area contributed by atoms with Crippen molar-refractivity contribution in [2.75, 3.05) is 11.9 Å². The van der Waals surface area contributed by atoms with Gasteiger partial charge in [-0.25, -0.2) is 4.79 Å². The smallest absolute Gasteiger partial charge is 0.341 e. The predicted octanol–water partition coefficient (Wildman–Crippen LogP) is 4.78. The normalized spacial score (nSPS) is 10.8. The van der Waals surface area contributed by atoms with Gasteiger partial charge in [0.05, 0.1) is 12.2 Å². The van der Waals surface area contributed by atoms with Gasteiger partial charge in [0.15, 0.2) is 0 Å². The van der Waals surface area contributed by atoms with E-state index in [0.717, 1.165) is 14.9 Å². The van der Waals surface area contributed by atoms with Gasteiger partial charge in [0, 0.05) is 14.7 Å². The molecule has 0 unspecified atom stereocenters. The first-order valence-corrected chi connectivity index (χ1v) is 9.79. The van der Waals surface area contributed by atoms with Gasteiger partial charge in [-0.2, -0.15) is 0 Å². The third-order valence-electron chi connectivity index (χ3n) is 4.06. The van der Waals surface area contributed by atoms with Crippen LogP contribution in [0.4, 0.5) is 5.00 Å². The second-order valence-corrected chi connectivity index (χ2v) is 7.97. The summed E-state index contributed by atoms with van der Waals surface area (Å²) in [5, 5.41) is 11.9. The van der Waals surface area contributed by atoms with Crippen LogP contribution in [0, 0.1) is 19.3 Å². The highest BCUT2D eigenvalue weighted by Crippen LogP contribution is 2.33. The molecule has 0 saturated carbocycles. The molecule has 0 atom stereocenters. The van der Waals surface area contributed by atoms with Crippen molar-refractivity contribution in [3.63, 3.8) is 0 Å². The van der Waals surface area contributed by atoms with E-state index in [9.17, 15) is 9.59 Å². The molecule has 0 aliphatic rings. The van der Waals surface area contributed by atoms with Gasteiger partial charge < -0.3 is 14.5 Å². The molecule has 2 N–H and O–H groups in total. The molecule has 8 heteroatoms. The first-order chi connectivity index (χ1) is 12.8. The first kappa shape index (κ1) is 19.3. The Morgan fingerprint density at radius 1 is 1.30 bits per heavy atom. The van der Waals surface area contributed by atoms with Crippen molar-refractivity contribution >= 4 is 55.1 Å². The van der Waals surface area contributed by atoms with Crippen LogP contribution in [-0.4, -0.2) is 18.5 Å². The molecule has 3 aromatic rings. The van der Waals surface area contributed by atoms with E-state index in [0.29, 0.717) is 21.5 Å². The summed E-state index contributed by atoms with van der Waals surface area (Å²) in [6.45, 7) is 5.66. The fourth-order valence-electron chi connectivity index (χ4n) is 2.61. The Labute approximate surface area is 167 Å². The van der Waals surface area contributed by atoms with E-state index in [4.69, 9.17) is 14.6 Å². The summed E-state index contributed by atoms with van der Waals surface area (Å²) in [6.07, 6.45) is 0. The summed E-state index contributed by atoms with van der Waals surface area (Å²) in [5.41, 5.74) is 1.46. The number of amides is 1. The molecule has 1 amide bonds. The Balaban J connectivity index is 2.00. The van der Waals surface area contributed by atoms with Gasteiger partial charge in [-0.1, -0.05) is 15.9 Å². The van der Waals surface area contributed by atoms with Gasteiger partial charge in [-0.3, -0.25) is 10.2 Å². The van der Waals surface area contributed by atoms with E-state index in [1.165, 1.54) is 11.3 Å². The van der Waals surface area contributed by atoms with Crippen LogP contribution in [-0.2, 0) is 4.74 Å². The summed E-state index contributed by atoms with van der Waals surface area (Å²) in [7, 11) is 0. The summed E-state index contributed by atoms with van der Waals surface area (Å²) >= 11 is 4.68. The summed E-state index contributed by atoms with van der Waals surface area (Å²) < 4.78 is 11.4. The standard InChI is InChI=1S/C19H17BrN2O4S/c1-4-25-19(24)15-9(2)10(3)27-18(15)22-17(23)13-8-11-7-12(20)5-6-14(11)26-16(13)21/h5-8,21H,4H2,1-3H3,(H,22,23). The van der Waals surface area contributed by atoms with E-state index < -0.39 is 11.9 Å². The highest BCUT2D eigenvalue weighted by atomic mass is 79.9. The van der Waals surface area contributed by atoms with Crippen molar-refractivity contribution in [1.29, 1.82) is 5.41 Å². The van der Waals surface area contributed by atoms with Crippen molar-refractivity contribution in [3.05, 3.63) is 55.9 Å². The number of carbonyl (C=O) groups is 2. The number of carbonyl (C=O) groups excluding carboxylic acids is 2. The molecule has 1 aromatic carbocycles. The lowest BCUT2D eigenvalue weighted by atomic mass is 10.1. The maximum atomic E-state index is 12.8. The zero-order valence-electron chi connectivity index (χ0n) is 14.9. The molecular weight excluding hydrogens is 432 g/mol. The number of nitrogens with one attached hydrogen (secondary N) is 2. The number of benzene rings is 1. The van der Waals surface area contributed by atoms with Crippen LogP contribution in [0.3, 0.4) is 0 Å². The number of anilines is 1. The van der Waals surface area contributed by atoms with Gasteiger partial charge >= 0.3 is 5.97 Å². The SMILES string of the molecule is CCOC(=O)c1c(NC(=O)c2cc3cc(Br)ccc3oc2=N)sc(C)c1C. The average molecular weight is 449 g/mol. The van der Waals surface area contributed by atoms with Gasteiger partial charge in [-0.15, -0.1) is 11.3 Å². The van der Waals surface area contributed by atoms with Crippen LogP contribution < -0.4 is 10.9 Å². The average Bonchev–Trinajstić information content (AvgIpc) is 2.88. The number of halogens is 1. The van der Waals surface area contributed by atoms with E-state index >= 15 is 0 Å². The molecule has 0 spiro atoms. The highest BCUT2D eigenvalue weighted by Gasteiger charge is 2.23. The molecule has 140 valence electrons. The van der Waals surface area contributed by atoms with Gasteiger partial charge in [0.1, 0.15) is 16.1 Å². The molecular formula is C19H17BrN2O4S. The number of esters is 1. The number of hydrogen-bond acceptors (Lipinski definition) is 6. The monoisotopic (exact) mass is 448 g/mol. The minimum atomic E-state index is -0.516. The van der Waals surface area contributed by atoms with Gasteiger partial charge in [-0.05, 0) is 50.6 Å². The van der Waals surface area contributed by atoms with Crippen LogP contribution in [0.1, 0.15) is 38.1 Å². The number of rotatable bonds is 4. The third kappa shape index (κ3) is 3.81. The predicted molar refractivity (Wildman–Crippen MR) is 107 cm³/mol. The molecule has 3 rings (SSSR count). The van der Waals surface area contributed by atoms with E-state index in [-0.39, 0.29) is 17.7 Å². The van der Waals surface area contributed by atoms with Crippen molar-refractivity contribution < 1.29 is 18.7 Å². The van der Waals surface area contributed by atoms with Crippen LogP contribution in [0.5, 0.6) is 0 Å². The van der Waals surface area contributed by atoms with Crippen LogP contribution >= 0.6 is 27.3 Å². The molecule has 27 heavy (non-hydrogen) atoms. The molecule has 6 nitrogen and oxygen atoms in total. The Hall–Kier alpha value is -2.45. The van der Waals surface area contributed by atoms with E-state index in [1.54, 1.807) is 31.2 Å². The van der Waals surface area contributed by atoms with Crippen LogP contribution in [0.2, 0.25) is 0 Å². The highest BCUT2D eigenvalue weighted by molar-refractivity contribution is 9.10. The Morgan fingerprint density at radius 3 is 2.74 bits per heavy atom. The zero-order chi connectivity index (χ0) is 19.7. The maximum absolute atomic E-state index is 12.8. The topological polar surface area (TPSA) is 92.4 Å². The van der Waals surface area contributed by atoms with Crippen molar-refractivity contribution in [2.45, 2.75) is 20.8 Å². The molecule has 0 saturated heterocycles. The number of fused-ring (bicyclic) bond motifs is 1. The lowest BCUT2D eigenvalue weighted by Crippen LogP contribution is -2.21. The molecule has 0 aliphatic heterocycles. The lowest BCUT2D eigenvalue weighted by Gasteiger charge is -2.08. The molecule has 0 aliphatic carbocycles. The number of aryl methyl sites for hydroxylation is 1. The summed E-state index contributed by atoms with van der Waals surface area (Å²) in [6, 6.07) is 6.93. The minimum Gasteiger partial charge on any atom is -0.462 e. The quantitative estimate of drug-likeness (QED) is 0.561. The second kappa shape index (κ2) is 7.66. The Kier molecular flexibility index (Phi) is 5.48. The third-order valence-corrected chi connectivity index (χ3v) is 5.68. The number of hydrogen-bond donors (Lipinski definition) is 2. The largest absolute Gasteiger partial charge is 0.462 e. The van der Waals surface area contributed by atoms with E-state index in [2.05, 4.69) is 21.2 Å². The lowest BCUT2D eigenvalue weighted by molar-refractivity contribution is 0.0527. The zero-order valence-corrected chi connectivity index (χ0v) is 17.3. The number of ether oxygens (including phenoxy) is 1. The molecule has 2 aromatic heterocycles. The Bertz CT molecular complexity index is 1120. The minimum absolute atomic E-state index is 0.0825. The van der Waals surface area contributed by atoms with Crippen molar-refractivity contribution in [3.8, 4) is 0 Å². The Morgan fingerprint density at radius 2 is 2.04 bits per heavy atom. The molecule has 2 heterocycles. The fourth-order valence-corrected chi connectivity index (χ4v) is 4.04. The fraction of sp³-hybridized carbons (Fsp3) is 0.211.